The Morgan fingerprint density at radius 3 is 2.82 bits per heavy atom. The summed E-state index contributed by atoms with van der Waals surface area (Å²) in [4.78, 5) is 20.7. The van der Waals surface area contributed by atoms with Crippen molar-refractivity contribution in [1.29, 1.82) is 0 Å². The summed E-state index contributed by atoms with van der Waals surface area (Å²) in [5.41, 5.74) is 3.24. The molecule has 0 bridgehead atoms. The molecule has 172 valence electrons. The maximum atomic E-state index is 12.9. The van der Waals surface area contributed by atoms with Gasteiger partial charge in [-0.2, -0.15) is 4.98 Å². The van der Waals surface area contributed by atoms with Gasteiger partial charge in [0.05, 0.1) is 12.2 Å². The standard InChI is InChI=1S/C21H25FN10O/c1-12(33)27-21(2)10-13(11-21)24-20-26-18(23-3)17-14(6-8-31(17)29-20)15-4-5-16-19(25-15)32(9-7-22)30-28-16/h4-6,8,13H,7,9-11H2,1-3H3,(H,27,33)(H2,23,24,26,29). The Hall–Kier alpha value is -3.83. The number of aromatic nitrogens is 7. The largest absolute Gasteiger partial charge is 0.371 e. The summed E-state index contributed by atoms with van der Waals surface area (Å²) in [5.74, 6) is 1.12. The fourth-order valence-electron chi connectivity index (χ4n) is 4.54. The monoisotopic (exact) mass is 452 g/mol. The molecular weight excluding hydrogens is 427 g/mol. The quantitative estimate of drug-likeness (QED) is 0.389. The molecule has 0 unspecified atom stereocenters. The molecule has 0 saturated heterocycles. The predicted molar refractivity (Wildman–Crippen MR) is 122 cm³/mol. The molecular formula is C21H25FN10O. The van der Waals surface area contributed by atoms with Crippen molar-refractivity contribution in [1.82, 2.24) is 39.9 Å². The number of carbonyl (C=O) groups is 1. The van der Waals surface area contributed by atoms with E-state index in [9.17, 15) is 9.18 Å². The van der Waals surface area contributed by atoms with Crippen LogP contribution in [0.25, 0.3) is 27.9 Å². The van der Waals surface area contributed by atoms with Crippen molar-refractivity contribution in [2.24, 2.45) is 0 Å². The second-order valence-corrected chi connectivity index (χ2v) is 8.59. The van der Waals surface area contributed by atoms with Crippen LogP contribution in [0.1, 0.15) is 26.7 Å². The van der Waals surface area contributed by atoms with E-state index in [0.29, 0.717) is 28.6 Å². The summed E-state index contributed by atoms with van der Waals surface area (Å²) >= 11 is 0. The first-order chi connectivity index (χ1) is 15.9. The van der Waals surface area contributed by atoms with Crippen LogP contribution in [-0.4, -0.2) is 65.8 Å². The van der Waals surface area contributed by atoms with Gasteiger partial charge >= 0.3 is 0 Å². The number of aryl methyl sites for hydroxylation is 1. The average Bonchev–Trinajstić information content (AvgIpc) is 3.36. The summed E-state index contributed by atoms with van der Waals surface area (Å²) < 4.78 is 16.1. The normalized spacial score (nSPS) is 20.1. The van der Waals surface area contributed by atoms with Crippen LogP contribution in [0.4, 0.5) is 16.2 Å². The highest BCUT2D eigenvalue weighted by atomic mass is 19.1. The van der Waals surface area contributed by atoms with Gasteiger partial charge in [0.25, 0.3) is 0 Å². The molecule has 4 aromatic heterocycles. The van der Waals surface area contributed by atoms with E-state index in [-0.39, 0.29) is 24.0 Å². The van der Waals surface area contributed by atoms with Gasteiger partial charge in [-0.15, -0.1) is 10.2 Å². The van der Waals surface area contributed by atoms with Crippen LogP contribution in [-0.2, 0) is 11.3 Å². The van der Waals surface area contributed by atoms with Gasteiger partial charge in [-0.05, 0) is 38.0 Å². The number of nitrogens with one attached hydrogen (secondary N) is 3. The van der Waals surface area contributed by atoms with Gasteiger partial charge in [0.2, 0.25) is 11.9 Å². The minimum atomic E-state index is -0.544. The van der Waals surface area contributed by atoms with E-state index >= 15 is 0 Å². The van der Waals surface area contributed by atoms with E-state index < -0.39 is 6.67 Å². The number of rotatable bonds is 7. The van der Waals surface area contributed by atoms with Gasteiger partial charge in [0, 0.05) is 37.3 Å². The molecule has 33 heavy (non-hydrogen) atoms. The topological polar surface area (TPSA) is 127 Å². The van der Waals surface area contributed by atoms with Crippen molar-refractivity contribution < 1.29 is 9.18 Å². The Morgan fingerprint density at radius 1 is 1.27 bits per heavy atom. The highest BCUT2D eigenvalue weighted by molar-refractivity contribution is 5.89. The Labute approximate surface area is 188 Å². The van der Waals surface area contributed by atoms with Crippen LogP contribution >= 0.6 is 0 Å². The first kappa shape index (κ1) is 21.0. The number of hydrogen-bond acceptors (Lipinski definition) is 8. The Balaban J connectivity index is 1.45. The Bertz CT molecular complexity index is 1340. The first-order valence-electron chi connectivity index (χ1n) is 10.8. The fourth-order valence-corrected chi connectivity index (χ4v) is 4.54. The molecule has 0 radical (unpaired) electrons. The Kier molecular flexibility index (Phi) is 5.06. The summed E-state index contributed by atoms with van der Waals surface area (Å²) in [7, 11) is 1.80. The highest BCUT2D eigenvalue weighted by Crippen LogP contribution is 2.34. The second-order valence-electron chi connectivity index (χ2n) is 8.59. The molecule has 1 aliphatic carbocycles. The minimum absolute atomic E-state index is 0.0266. The highest BCUT2D eigenvalue weighted by Gasteiger charge is 2.41. The summed E-state index contributed by atoms with van der Waals surface area (Å²) in [6.45, 7) is 3.13. The fraction of sp³-hybridized carbons (Fsp3) is 0.429. The number of amides is 1. The number of anilines is 2. The lowest BCUT2D eigenvalue weighted by Gasteiger charge is -2.45. The van der Waals surface area contributed by atoms with Crippen molar-refractivity contribution in [2.45, 2.75) is 44.8 Å². The first-order valence-corrected chi connectivity index (χ1v) is 10.8. The number of carbonyl (C=O) groups excluding carboxylic acids is 1. The third-order valence-electron chi connectivity index (χ3n) is 5.88. The van der Waals surface area contributed by atoms with E-state index in [1.807, 2.05) is 31.3 Å². The molecule has 0 aromatic carbocycles. The van der Waals surface area contributed by atoms with Crippen molar-refractivity contribution in [3.8, 4) is 11.3 Å². The number of alkyl halides is 1. The average molecular weight is 452 g/mol. The molecule has 11 nitrogen and oxygen atoms in total. The number of fused-ring (bicyclic) bond motifs is 2. The van der Waals surface area contributed by atoms with Crippen LogP contribution in [0.5, 0.6) is 0 Å². The maximum Gasteiger partial charge on any atom is 0.243 e. The van der Waals surface area contributed by atoms with Gasteiger partial charge in [0.1, 0.15) is 17.7 Å². The lowest BCUT2D eigenvalue weighted by molar-refractivity contribution is -0.121. The molecule has 4 heterocycles. The Morgan fingerprint density at radius 2 is 2.09 bits per heavy atom. The van der Waals surface area contributed by atoms with Gasteiger partial charge in [0.15, 0.2) is 11.5 Å². The number of nitrogens with zero attached hydrogens (tertiary/aromatic N) is 7. The second kappa shape index (κ2) is 7.94. The van der Waals surface area contributed by atoms with E-state index in [1.54, 1.807) is 11.6 Å². The zero-order valence-corrected chi connectivity index (χ0v) is 18.6. The summed E-state index contributed by atoms with van der Waals surface area (Å²) in [6.07, 6.45) is 3.44. The molecule has 1 fully saturated rings. The lowest BCUT2D eigenvalue weighted by atomic mass is 9.74. The minimum Gasteiger partial charge on any atom is -0.371 e. The van der Waals surface area contributed by atoms with Gasteiger partial charge < -0.3 is 16.0 Å². The third-order valence-corrected chi connectivity index (χ3v) is 5.88. The summed E-state index contributed by atoms with van der Waals surface area (Å²) in [5, 5.41) is 22.1. The molecule has 0 spiro atoms. The smallest absolute Gasteiger partial charge is 0.243 e. The molecule has 1 amide bonds. The molecule has 4 aromatic rings. The third kappa shape index (κ3) is 3.81. The molecule has 3 N–H and O–H groups in total. The zero-order valence-electron chi connectivity index (χ0n) is 18.6. The van der Waals surface area contributed by atoms with Gasteiger partial charge in [-0.25, -0.2) is 18.6 Å². The maximum absolute atomic E-state index is 12.9. The van der Waals surface area contributed by atoms with E-state index in [2.05, 4.69) is 41.3 Å². The van der Waals surface area contributed by atoms with Crippen molar-refractivity contribution in [3.63, 3.8) is 0 Å². The van der Waals surface area contributed by atoms with Gasteiger partial charge in [-0.1, -0.05) is 5.21 Å². The molecule has 0 aliphatic heterocycles. The molecule has 0 atom stereocenters. The van der Waals surface area contributed by atoms with Crippen molar-refractivity contribution >= 4 is 34.4 Å². The van der Waals surface area contributed by atoms with Crippen LogP contribution in [0.3, 0.4) is 0 Å². The molecule has 1 saturated carbocycles. The van der Waals surface area contributed by atoms with Crippen molar-refractivity contribution in [2.75, 3.05) is 24.4 Å². The molecule has 12 heteroatoms. The number of pyridine rings is 1. The van der Waals surface area contributed by atoms with Gasteiger partial charge in [-0.3, -0.25) is 4.79 Å². The van der Waals surface area contributed by atoms with Crippen LogP contribution in [0.15, 0.2) is 24.4 Å². The van der Waals surface area contributed by atoms with E-state index in [0.717, 1.165) is 23.9 Å². The lowest BCUT2D eigenvalue weighted by Crippen LogP contribution is -2.59. The van der Waals surface area contributed by atoms with E-state index in [4.69, 9.17) is 0 Å². The predicted octanol–water partition coefficient (Wildman–Crippen LogP) is 2.02. The van der Waals surface area contributed by atoms with Crippen molar-refractivity contribution in [3.05, 3.63) is 24.4 Å². The molecule has 1 aliphatic rings. The number of hydrogen-bond donors (Lipinski definition) is 3. The van der Waals surface area contributed by atoms with Crippen LogP contribution in [0.2, 0.25) is 0 Å². The van der Waals surface area contributed by atoms with Crippen LogP contribution < -0.4 is 16.0 Å². The SMILES string of the molecule is CNc1nc(NC2CC(C)(NC(C)=O)C2)nn2ccc(-c3ccc4nnn(CCF)c4n3)c12. The zero-order chi connectivity index (χ0) is 23.2. The number of halogens is 1. The van der Waals surface area contributed by atoms with Crippen LogP contribution in [0, 0.1) is 0 Å². The van der Waals surface area contributed by atoms with E-state index in [1.165, 1.54) is 11.6 Å². The molecule has 5 rings (SSSR count). The summed E-state index contributed by atoms with van der Waals surface area (Å²) in [6, 6.07) is 5.77.